The molecule has 0 spiro atoms. The van der Waals surface area contributed by atoms with E-state index in [0.717, 1.165) is 0 Å². The Bertz CT molecular complexity index is 785. The molecule has 0 aliphatic carbocycles. The summed E-state index contributed by atoms with van der Waals surface area (Å²) in [5.74, 6) is -0.218. The third kappa shape index (κ3) is 3.94. The molecule has 0 unspecified atom stereocenters. The lowest BCUT2D eigenvalue weighted by Crippen LogP contribution is -2.31. The van der Waals surface area contributed by atoms with Gasteiger partial charge in [0, 0.05) is 18.2 Å². The van der Waals surface area contributed by atoms with E-state index in [-0.39, 0.29) is 16.8 Å². The van der Waals surface area contributed by atoms with Crippen molar-refractivity contribution in [2.75, 3.05) is 10.8 Å². The number of benzene rings is 2. The van der Waals surface area contributed by atoms with E-state index in [0.29, 0.717) is 17.8 Å². The third-order valence-electron chi connectivity index (χ3n) is 3.46. The van der Waals surface area contributed by atoms with E-state index in [2.05, 4.69) is 5.32 Å². The quantitative estimate of drug-likeness (QED) is 0.874. The van der Waals surface area contributed by atoms with Gasteiger partial charge >= 0.3 is 0 Å². The fraction of sp³-hybridized carbons (Fsp3) is 0.278. The highest BCUT2D eigenvalue weighted by molar-refractivity contribution is 7.92. The van der Waals surface area contributed by atoms with Gasteiger partial charge in [-0.05, 0) is 57.2 Å². The number of nitrogens with one attached hydrogen (secondary N) is 1. The number of hydrogen-bond acceptors (Lipinski definition) is 3. The Labute approximate surface area is 143 Å². The molecule has 0 saturated heterocycles. The fourth-order valence-corrected chi connectivity index (χ4v) is 3.81. The number of amides is 1. The summed E-state index contributed by atoms with van der Waals surface area (Å²) in [5, 5.41) is 2.78. The zero-order valence-electron chi connectivity index (χ0n) is 14.1. The number of para-hydroxylation sites is 1. The Balaban J connectivity index is 2.31. The van der Waals surface area contributed by atoms with Crippen molar-refractivity contribution in [2.24, 2.45) is 0 Å². The number of carbonyl (C=O) groups excluding carboxylic acids is 1. The summed E-state index contributed by atoms with van der Waals surface area (Å²) in [7, 11) is -3.67. The number of nitrogens with zero attached hydrogens (tertiary/aromatic N) is 1. The normalized spacial score (nSPS) is 11.3. The summed E-state index contributed by atoms with van der Waals surface area (Å²) in [4.78, 5) is 12.1. The number of anilines is 1. The molecule has 1 N–H and O–H groups in total. The molecule has 0 aliphatic rings. The molecule has 0 fully saturated rings. The molecule has 2 aromatic carbocycles. The highest BCUT2D eigenvalue weighted by Crippen LogP contribution is 2.23. The molecule has 6 heteroatoms. The minimum atomic E-state index is -3.67. The smallest absolute Gasteiger partial charge is 0.264 e. The number of rotatable bonds is 6. The first-order valence-corrected chi connectivity index (χ1v) is 9.29. The Morgan fingerprint density at radius 3 is 2.12 bits per heavy atom. The first-order valence-electron chi connectivity index (χ1n) is 7.85. The largest absolute Gasteiger partial charge is 0.350 e. The average Bonchev–Trinajstić information content (AvgIpc) is 2.56. The Kier molecular flexibility index (Phi) is 5.62. The minimum Gasteiger partial charge on any atom is -0.350 e. The van der Waals surface area contributed by atoms with E-state index in [1.54, 1.807) is 31.2 Å². The van der Waals surface area contributed by atoms with Crippen molar-refractivity contribution >= 4 is 21.6 Å². The van der Waals surface area contributed by atoms with E-state index in [4.69, 9.17) is 0 Å². The summed E-state index contributed by atoms with van der Waals surface area (Å²) < 4.78 is 27.0. The number of hydrogen-bond donors (Lipinski definition) is 1. The summed E-state index contributed by atoms with van der Waals surface area (Å²) in [6.07, 6.45) is 0. The van der Waals surface area contributed by atoms with E-state index in [1.165, 1.54) is 28.6 Å². The van der Waals surface area contributed by atoms with Gasteiger partial charge in [-0.2, -0.15) is 0 Å². The van der Waals surface area contributed by atoms with Crippen LogP contribution in [0.1, 0.15) is 31.1 Å². The van der Waals surface area contributed by atoms with E-state index >= 15 is 0 Å². The van der Waals surface area contributed by atoms with Crippen LogP contribution in [0.3, 0.4) is 0 Å². The fourth-order valence-electron chi connectivity index (χ4n) is 2.34. The van der Waals surface area contributed by atoms with Crippen LogP contribution in [0.15, 0.2) is 59.5 Å². The standard InChI is InChI=1S/C18H22N2O3S/c1-4-20(16-8-6-5-7-9-16)24(22,23)17-12-10-15(11-13-17)18(21)19-14(2)3/h5-14H,4H2,1-3H3,(H,19,21). The first kappa shape index (κ1) is 18.0. The maximum atomic E-state index is 12.8. The zero-order chi connectivity index (χ0) is 17.7. The van der Waals surface area contributed by atoms with Crippen LogP contribution in [0.2, 0.25) is 0 Å². The van der Waals surface area contributed by atoms with Crippen LogP contribution in [0.5, 0.6) is 0 Å². The predicted molar refractivity (Wildman–Crippen MR) is 95.7 cm³/mol. The van der Waals surface area contributed by atoms with Gasteiger partial charge in [0.2, 0.25) is 0 Å². The van der Waals surface area contributed by atoms with Crippen LogP contribution < -0.4 is 9.62 Å². The van der Waals surface area contributed by atoms with Gasteiger partial charge in [0.1, 0.15) is 0 Å². The van der Waals surface area contributed by atoms with Crippen molar-refractivity contribution in [1.29, 1.82) is 0 Å². The first-order chi connectivity index (χ1) is 11.4. The van der Waals surface area contributed by atoms with Crippen molar-refractivity contribution in [2.45, 2.75) is 31.7 Å². The van der Waals surface area contributed by atoms with Crippen molar-refractivity contribution in [3.63, 3.8) is 0 Å². The van der Waals surface area contributed by atoms with Gasteiger partial charge in [-0.25, -0.2) is 8.42 Å². The van der Waals surface area contributed by atoms with Gasteiger partial charge in [0.25, 0.3) is 15.9 Å². The zero-order valence-corrected chi connectivity index (χ0v) is 14.9. The molecule has 0 aromatic heterocycles. The number of sulfonamides is 1. The monoisotopic (exact) mass is 346 g/mol. The Morgan fingerprint density at radius 1 is 1.04 bits per heavy atom. The second-order valence-corrected chi connectivity index (χ2v) is 7.52. The predicted octanol–water partition coefficient (Wildman–Crippen LogP) is 3.04. The molecule has 128 valence electrons. The summed E-state index contributed by atoms with van der Waals surface area (Å²) >= 11 is 0. The Morgan fingerprint density at radius 2 is 1.62 bits per heavy atom. The molecule has 5 nitrogen and oxygen atoms in total. The van der Waals surface area contributed by atoms with Gasteiger partial charge in [-0.3, -0.25) is 9.10 Å². The highest BCUT2D eigenvalue weighted by Gasteiger charge is 2.23. The van der Waals surface area contributed by atoms with Crippen molar-refractivity contribution in [3.05, 3.63) is 60.2 Å². The molecule has 0 atom stereocenters. The van der Waals surface area contributed by atoms with E-state index < -0.39 is 10.0 Å². The van der Waals surface area contributed by atoms with Crippen molar-refractivity contribution in [1.82, 2.24) is 5.32 Å². The molecule has 2 aromatic rings. The molecule has 0 aliphatic heterocycles. The number of carbonyl (C=O) groups is 1. The van der Waals surface area contributed by atoms with Gasteiger partial charge in [0.05, 0.1) is 10.6 Å². The Hall–Kier alpha value is -2.34. The molecule has 24 heavy (non-hydrogen) atoms. The van der Waals surface area contributed by atoms with Gasteiger partial charge in [-0.15, -0.1) is 0 Å². The molecule has 1 amide bonds. The highest BCUT2D eigenvalue weighted by atomic mass is 32.2. The van der Waals surface area contributed by atoms with Crippen LogP contribution in [0, 0.1) is 0 Å². The topological polar surface area (TPSA) is 66.5 Å². The van der Waals surface area contributed by atoms with Crippen molar-refractivity contribution < 1.29 is 13.2 Å². The van der Waals surface area contributed by atoms with Gasteiger partial charge in [0.15, 0.2) is 0 Å². The summed E-state index contributed by atoms with van der Waals surface area (Å²) in [5.41, 5.74) is 1.05. The molecular weight excluding hydrogens is 324 g/mol. The summed E-state index contributed by atoms with van der Waals surface area (Å²) in [6, 6.07) is 15.0. The molecule has 0 heterocycles. The summed E-state index contributed by atoms with van der Waals surface area (Å²) in [6.45, 7) is 5.85. The van der Waals surface area contributed by atoms with Crippen LogP contribution in [0.25, 0.3) is 0 Å². The average molecular weight is 346 g/mol. The van der Waals surface area contributed by atoms with Crippen LogP contribution in [-0.2, 0) is 10.0 Å². The molecule has 2 rings (SSSR count). The SMILES string of the molecule is CCN(c1ccccc1)S(=O)(=O)c1ccc(C(=O)NC(C)C)cc1. The lowest BCUT2D eigenvalue weighted by atomic mass is 10.2. The second-order valence-electron chi connectivity index (χ2n) is 5.66. The molecular formula is C18H22N2O3S. The molecule has 0 saturated carbocycles. The lowest BCUT2D eigenvalue weighted by Gasteiger charge is -2.23. The van der Waals surface area contributed by atoms with Crippen LogP contribution in [0.4, 0.5) is 5.69 Å². The van der Waals surface area contributed by atoms with E-state index in [1.807, 2.05) is 19.9 Å². The maximum absolute atomic E-state index is 12.8. The minimum absolute atomic E-state index is 0.0228. The van der Waals surface area contributed by atoms with Crippen LogP contribution in [-0.4, -0.2) is 26.9 Å². The second kappa shape index (κ2) is 7.49. The van der Waals surface area contributed by atoms with Crippen LogP contribution >= 0.6 is 0 Å². The van der Waals surface area contributed by atoms with Gasteiger partial charge < -0.3 is 5.32 Å². The molecule has 0 bridgehead atoms. The lowest BCUT2D eigenvalue weighted by molar-refractivity contribution is 0.0943. The van der Waals surface area contributed by atoms with E-state index in [9.17, 15) is 13.2 Å². The van der Waals surface area contributed by atoms with Gasteiger partial charge in [-0.1, -0.05) is 18.2 Å². The third-order valence-corrected chi connectivity index (χ3v) is 5.37. The van der Waals surface area contributed by atoms with Crippen molar-refractivity contribution in [3.8, 4) is 0 Å². The molecule has 0 radical (unpaired) electrons. The maximum Gasteiger partial charge on any atom is 0.264 e.